The minimum atomic E-state index is -0.354. The molecule has 0 heterocycles. The Bertz CT molecular complexity index is 569. The summed E-state index contributed by atoms with van der Waals surface area (Å²) in [6.07, 6.45) is 0.445. The number of ether oxygens (including phenoxy) is 1. The van der Waals surface area contributed by atoms with E-state index in [1.807, 2.05) is 0 Å². The molecule has 0 aliphatic rings. The number of benzene rings is 2. The lowest BCUT2D eigenvalue weighted by atomic mass is 10.1. The number of rotatable bonds is 5. The Balaban J connectivity index is 2.00. The number of hydrogen-bond donors (Lipinski definition) is 1. The Kier molecular flexibility index (Phi) is 4.07. The molecule has 0 saturated carbocycles. The summed E-state index contributed by atoms with van der Waals surface area (Å²) in [6.45, 7) is 0.0180. The van der Waals surface area contributed by atoms with Crippen molar-refractivity contribution >= 4 is 0 Å². The van der Waals surface area contributed by atoms with Crippen LogP contribution < -0.4 is 4.74 Å². The SMILES string of the molecule is O=[N+](O)CCc1ccc(Oc2cccc(F)c2)cc1. The van der Waals surface area contributed by atoms with Gasteiger partial charge in [0.15, 0.2) is 0 Å². The molecule has 19 heavy (non-hydrogen) atoms. The Morgan fingerprint density at radius 3 is 2.47 bits per heavy atom. The average Bonchev–Trinajstić information content (AvgIpc) is 2.38. The molecule has 1 N–H and O–H groups in total. The van der Waals surface area contributed by atoms with E-state index in [9.17, 15) is 9.30 Å². The molecule has 2 aromatic rings. The highest BCUT2D eigenvalue weighted by atomic mass is 19.1. The van der Waals surface area contributed by atoms with E-state index in [0.717, 1.165) is 5.56 Å². The topological polar surface area (TPSA) is 49.5 Å². The molecule has 0 amide bonds. The molecule has 0 radical (unpaired) electrons. The summed E-state index contributed by atoms with van der Waals surface area (Å²) in [6, 6.07) is 12.9. The lowest BCUT2D eigenvalue weighted by Crippen LogP contribution is -2.06. The maximum absolute atomic E-state index is 13.0. The molecule has 0 fully saturated rings. The van der Waals surface area contributed by atoms with Crippen LogP contribution in [0.4, 0.5) is 4.39 Å². The summed E-state index contributed by atoms with van der Waals surface area (Å²) >= 11 is 0. The summed E-state index contributed by atoms with van der Waals surface area (Å²) in [4.78, 5) is 10.3. The van der Waals surface area contributed by atoms with Gasteiger partial charge < -0.3 is 4.74 Å². The van der Waals surface area contributed by atoms with Gasteiger partial charge in [0.25, 0.3) is 6.54 Å². The van der Waals surface area contributed by atoms with Crippen molar-refractivity contribution in [2.45, 2.75) is 6.42 Å². The van der Waals surface area contributed by atoms with Gasteiger partial charge >= 0.3 is 0 Å². The molecule has 0 aliphatic carbocycles. The Labute approximate surface area is 109 Å². The zero-order valence-corrected chi connectivity index (χ0v) is 10.1. The van der Waals surface area contributed by atoms with E-state index in [4.69, 9.17) is 9.94 Å². The van der Waals surface area contributed by atoms with Crippen LogP contribution in [0.25, 0.3) is 0 Å². The predicted octanol–water partition coefficient (Wildman–Crippen LogP) is 3.33. The average molecular weight is 262 g/mol. The minimum absolute atomic E-state index is 0.0180. The van der Waals surface area contributed by atoms with Gasteiger partial charge in [-0.25, -0.2) is 9.60 Å². The fraction of sp³-hybridized carbons (Fsp3) is 0.143. The minimum Gasteiger partial charge on any atom is -0.457 e. The molecule has 0 aliphatic heterocycles. The monoisotopic (exact) mass is 262 g/mol. The Hall–Kier alpha value is -2.43. The third-order valence-corrected chi connectivity index (χ3v) is 2.55. The van der Waals surface area contributed by atoms with Gasteiger partial charge in [-0.1, -0.05) is 18.2 Å². The first kappa shape index (κ1) is 13.0. The normalized spacial score (nSPS) is 10.2. The number of halogens is 1. The number of nitrogens with zero attached hydrogens (tertiary/aromatic N) is 1. The van der Waals surface area contributed by atoms with Crippen molar-refractivity contribution in [3.05, 3.63) is 64.8 Å². The van der Waals surface area contributed by atoms with E-state index >= 15 is 0 Å². The molecule has 2 rings (SSSR count). The molecule has 98 valence electrons. The molecule has 0 aromatic heterocycles. The summed E-state index contributed by atoms with van der Waals surface area (Å²) in [5, 5.41) is 8.51. The van der Waals surface area contributed by atoms with Gasteiger partial charge in [-0.3, -0.25) is 0 Å². The van der Waals surface area contributed by atoms with Crippen molar-refractivity contribution in [3.63, 3.8) is 0 Å². The fourth-order valence-corrected chi connectivity index (χ4v) is 1.62. The Morgan fingerprint density at radius 2 is 1.84 bits per heavy atom. The molecule has 5 heteroatoms. The highest BCUT2D eigenvalue weighted by molar-refractivity contribution is 5.33. The van der Waals surface area contributed by atoms with Crippen LogP contribution in [0.1, 0.15) is 5.56 Å². The van der Waals surface area contributed by atoms with Crippen LogP contribution in [0.3, 0.4) is 0 Å². The van der Waals surface area contributed by atoms with Gasteiger partial charge in [0.05, 0.1) is 4.91 Å². The van der Waals surface area contributed by atoms with Crippen LogP contribution in [0.5, 0.6) is 11.5 Å². The standard InChI is InChI=1S/C14H13FNO3/c15-12-2-1-3-14(10-12)19-13-6-4-11(5-7-13)8-9-16(17)18/h1-7,10H,8-9H2,(H,17,18)/q+1. The van der Waals surface area contributed by atoms with Crippen molar-refractivity contribution < 1.29 is 19.3 Å². The van der Waals surface area contributed by atoms with Crippen molar-refractivity contribution in [3.8, 4) is 11.5 Å². The molecule has 0 spiro atoms. The van der Waals surface area contributed by atoms with Crippen LogP contribution in [0, 0.1) is 10.7 Å². The van der Waals surface area contributed by atoms with Crippen molar-refractivity contribution in [2.75, 3.05) is 6.54 Å². The fourth-order valence-electron chi connectivity index (χ4n) is 1.62. The summed E-state index contributed by atoms with van der Waals surface area (Å²) in [5.41, 5.74) is 0.904. The van der Waals surface area contributed by atoms with Crippen LogP contribution in [0.2, 0.25) is 0 Å². The molecule has 4 nitrogen and oxygen atoms in total. The first-order chi connectivity index (χ1) is 9.13. The smallest absolute Gasteiger partial charge is 0.252 e. The molecule has 0 saturated heterocycles. The predicted molar refractivity (Wildman–Crippen MR) is 66.9 cm³/mol. The summed E-state index contributed by atoms with van der Waals surface area (Å²) in [7, 11) is 0. The zero-order chi connectivity index (χ0) is 13.7. The second-order valence-corrected chi connectivity index (χ2v) is 4.03. The van der Waals surface area contributed by atoms with Crippen molar-refractivity contribution in [1.29, 1.82) is 0 Å². The van der Waals surface area contributed by atoms with Gasteiger partial charge in [0.1, 0.15) is 17.3 Å². The summed E-state index contributed by atoms with van der Waals surface area (Å²) in [5.74, 6) is 0.652. The van der Waals surface area contributed by atoms with E-state index in [0.29, 0.717) is 17.9 Å². The lowest BCUT2D eigenvalue weighted by Gasteiger charge is -2.06. The van der Waals surface area contributed by atoms with Crippen molar-refractivity contribution in [2.24, 2.45) is 0 Å². The third kappa shape index (κ3) is 4.06. The van der Waals surface area contributed by atoms with Crippen LogP contribution in [-0.2, 0) is 6.42 Å². The van der Waals surface area contributed by atoms with Crippen molar-refractivity contribution in [1.82, 2.24) is 0 Å². The summed E-state index contributed by atoms with van der Waals surface area (Å²) < 4.78 is 18.5. The highest BCUT2D eigenvalue weighted by Crippen LogP contribution is 2.22. The molecule has 0 atom stereocenters. The lowest BCUT2D eigenvalue weighted by molar-refractivity contribution is -0.790. The first-order valence-electron chi connectivity index (χ1n) is 5.79. The third-order valence-electron chi connectivity index (χ3n) is 2.55. The molecule has 2 aromatic carbocycles. The molecule has 0 bridgehead atoms. The largest absolute Gasteiger partial charge is 0.457 e. The van der Waals surface area contributed by atoms with E-state index in [2.05, 4.69) is 0 Å². The van der Waals surface area contributed by atoms with Crippen LogP contribution in [0.15, 0.2) is 48.5 Å². The van der Waals surface area contributed by atoms with E-state index in [1.165, 1.54) is 12.1 Å². The highest BCUT2D eigenvalue weighted by Gasteiger charge is 2.05. The van der Waals surface area contributed by atoms with E-state index in [1.54, 1.807) is 36.4 Å². The van der Waals surface area contributed by atoms with Gasteiger partial charge in [-0.15, -0.1) is 0 Å². The second-order valence-electron chi connectivity index (χ2n) is 4.03. The maximum atomic E-state index is 13.0. The zero-order valence-electron chi connectivity index (χ0n) is 10.1. The quantitative estimate of drug-likeness (QED) is 0.841. The maximum Gasteiger partial charge on any atom is 0.252 e. The van der Waals surface area contributed by atoms with Crippen LogP contribution >= 0.6 is 0 Å². The number of hydrogen-bond acceptors (Lipinski definition) is 2. The van der Waals surface area contributed by atoms with Gasteiger partial charge in [0.2, 0.25) is 4.92 Å². The van der Waals surface area contributed by atoms with E-state index < -0.39 is 0 Å². The van der Waals surface area contributed by atoms with Crippen LogP contribution in [-0.4, -0.2) is 16.7 Å². The van der Waals surface area contributed by atoms with Gasteiger partial charge in [-0.05, 0) is 29.8 Å². The van der Waals surface area contributed by atoms with E-state index in [-0.39, 0.29) is 17.3 Å². The molecule has 0 unspecified atom stereocenters. The first-order valence-corrected chi connectivity index (χ1v) is 5.79. The van der Waals surface area contributed by atoms with Gasteiger partial charge in [-0.2, -0.15) is 0 Å². The Morgan fingerprint density at radius 1 is 1.11 bits per heavy atom. The molecular weight excluding hydrogens is 249 g/mol. The molecular formula is C14H13FNO3+. The second kappa shape index (κ2) is 5.95. The van der Waals surface area contributed by atoms with Gasteiger partial charge in [0, 0.05) is 12.5 Å².